The van der Waals surface area contributed by atoms with E-state index in [2.05, 4.69) is 17.2 Å². The van der Waals surface area contributed by atoms with Crippen LogP contribution in [0.2, 0.25) is 0 Å². The Morgan fingerprint density at radius 3 is 2.72 bits per heavy atom. The highest BCUT2D eigenvalue weighted by Crippen LogP contribution is 2.34. The van der Waals surface area contributed by atoms with Crippen LogP contribution in [0.1, 0.15) is 42.6 Å². The van der Waals surface area contributed by atoms with Crippen LogP contribution in [0, 0.1) is 0 Å². The van der Waals surface area contributed by atoms with E-state index in [4.69, 9.17) is 18.9 Å². The molecule has 7 heteroatoms. The van der Waals surface area contributed by atoms with Crippen LogP contribution in [0.5, 0.6) is 5.75 Å². The second-order valence-electron chi connectivity index (χ2n) is 8.82. The number of hydrogen-bond acceptors (Lipinski definition) is 5. The number of aromatic nitrogens is 1. The van der Waals surface area contributed by atoms with E-state index in [1.165, 1.54) is 0 Å². The summed E-state index contributed by atoms with van der Waals surface area (Å²) in [7, 11) is 0. The first kappa shape index (κ1) is 21.5. The molecule has 1 amide bonds. The molecule has 3 aliphatic rings. The third-order valence-corrected chi connectivity index (χ3v) is 6.77. The van der Waals surface area contributed by atoms with Gasteiger partial charge in [0, 0.05) is 44.5 Å². The zero-order valence-corrected chi connectivity index (χ0v) is 18.6. The lowest BCUT2D eigenvalue weighted by Gasteiger charge is -2.37. The molecule has 1 aromatic heterocycles. The predicted octanol–water partition coefficient (Wildman–Crippen LogP) is 3.75. The Morgan fingerprint density at radius 1 is 1.19 bits per heavy atom. The van der Waals surface area contributed by atoms with Crippen molar-refractivity contribution in [3.63, 3.8) is 0 Å². The summed E-state index contributed by atoms with van der Waals surface area (Å²) in [4.78, 5) is 15.6. The van der Waals surface area contributed by atoms with Crippen molar-refractivity contribution in [1.29, 1.82) is 0 Å². The molecule has 172 valence electrons. The zero-order valence-electron chi connectivity index (χ0n) is 18.6. The summed E-state index contributed by atoms with van der Waals surface area (Å²) in [6.07, 6.45) is 6.54. The van der Waals surface area contributed by atoms with Gasteiger partial charge in [0.1, 0.15) is 18.1 Å². The Bertz CT molecular complexity index is 962. The van der Waals surface area contributed by atoms with Gasteiger partial charge < -0.3 is 28.4 Å². The van der Waals surface area contributed by atoms with Crippen molar-refractivity contribution in [3.8, 4) is 5.75 Å². The fourth-order valence-corrected chi connectivity index (χ4v) is 5.06. The van der Waals surface area contributed by atoms with Gasteiger partial charge in [0.2, 0.25) is 0 Å². The highest BCUT2D eigenvalue weighted by atomic mass is 16.7. The van der Waals surface area contributed by atoms with Crippen LogP contribution in [0.15, 0.2) is 36.9 Å². The van der Waals surface area contributed by atoms with E-state index in [0.717, 1.165) is 42.5 Å². The molecule has 2 aromatic rings. The lowest BCUT2D eigenvalue weighted by atomic mass is 10.0. The maximum absolute atomic E-state index is 13.7. The fraction of sp³-hybridized carbons (Fsp3) is 0.560. The van der Waals surface area contributed by atoms with Crippen LogP contribution in [0.4, 0.5) is 0 Å². The average molecular weight is 441 g/mol. The van der Waals surface area contributed by atoms with Gasteiger partial charge in [0.05, 0.1) is 24.8 Å². The number of likely N-dealkylation sites (tertiary alicyclic amines) is 1. The fourth-order valence-electron chi connectivity index (χ4n) is 5.06. The lowest BCUT2D eigenvalue weighted by molar-refractivity contribution is -0.181. The Hall–Kier alpha value is -2.35. The van der Waals surface area contributed by atoms with E-state index in [1.54, 1.807) is 6.08 Å². The Balaban J connectivity index is 1.45. The van der Waals surface area contributed by atoms with Crippen LogP contribution in [-0.2, 0) is 20.8 Å². The van der Waals surface area contributed by atoms with Crippen molar-refractivity contribution in [3.05, 3.63) is 42.6 Å². The molecule has 0 N–H and O–H groups in total. The van der Waals surface area contributed by atoms with Crippen molar-refractivity contribution < 1.29 is 23.7 Å². The Kier molecular flexibility index (Phi) is 6.22. The maximum Gasteiger partial charge on any atom is 0.270 e. The monoisotopic (exact) mass is 440 g/mol. The number of ether oxygens (including phenoxy) is 4. The van der Waals surface area contributed by atoms with Crippen LogP contribution < -0.4 is 4.74 Å². The van der Waals surface area contributed by atoms with E-state index in [9.17, 15) is 4.79 Å². The average Bonchev–Trinajstić information content (AvgIpc) is 3.44. The molecule has 3 fully saturated rings. The highest BCUT2D eigenvalue weighted by molar-refractivity contribution is 6.00. The quantitative estimate of drug-likeness (QED) is 0.640. The number of amides is 1. The second kappa shape index (κ2) is 9.25. The number of rotatable bonds is 6. The topological polar surface area (TPSA) is 62.2 Å². The van der Waals surface area contributed by atoms with Crippen LogP contribution in [0.3, 0.4) is 0 Å². The van der Waals surface area contributed by atoms with Gasteiger partial charge in [-0.15, -0.1) is 0 Å². The van der Waals surface area contributed by atoms with Crippen molar-refractivity contribution >= 4 is 16.8 Å². The molecule has 1 spiro atoms. The number of fused-ring (bicyclic) bond motifs is 1. The van der Waals surface area contributed by atoms with Gasteiger partial charge >= 0.3 is 0 Å². The number of carbonyl (C=O) groups is 1. The van der Waals surface area contributed by atoms with Crippen LogP contribution in [0.25, 0.3) is 10.9 Å². The van der Waals surface area contributed by atoms with Gasteiger partial charge in [-0.1, -0.05) is 18.7 Å². The van der Waals surface area contributed by atoms with Crippen molar-refractivity contribution in [2.24, 2.45) is 0 Å². The van der Waals surface area contributed by atoms with E-state index in [0.29, 0.717) is 58.0 Å². The molecule has 3 aliphatic heterocycles. The first-order valence-electron chi connectivity index (χ1n) is 11.7. The van der Waals surface area contributed by atoms with E-state index < -0.39 is 5.79 Å². The molecular weight excluding hydrogens is 408 g/mol. The summed E-state index contributed by atoms with van der Waals surface area (Å²) in [5.74, 6) is 0.315. The number of nitrogens with zero attached hydrogens (tertiary/aromatic N) is 2. The summed E-state index contributed by atoms with van der Waals surface area (Å²) >= 11 is 0. The third-order valence-electron chi connectivity index (χ3n) is 6.77. The standard InChI is InChI=1S/C25H32N2O5/c1-2-13-30-23-8-5-7-21-20(23)17-22(27(21)18-19-6-3-4-14-29-19)24(28)26-11-9-25(10-12-26)31-15-16-32-25/h2,5,7-8,17,19H,1,3-4,6,9-16,18H2. The van der Waals surface area contributed by atoms with Crippen LogP contribution >= 0.6 is 0 Å². The molecule has 7 nitrogen and oxygen atoms in total. The number of benzene rings is 1. The Morgan fingerprint density at radius 2 is 2.00 bits per heavy atom. The number of piperidine rings is 1. The normalized spacial score (nSPS) is 23.0. The molecule has 0 saturated carbocycles. The highest BCUT2D eigenvalue weighted by Gasteiger charge is 2.41. The minimum atomic E-state index is -0.495. The summed E-state index contributed by atoms with van der Waals surface area (Å²) in [5.41, 5.74) is 1.69. The van der Waals surface area contributed by atoms with Crippen LogP contribution in [-0.4, -0.2) is 66.8 Å². The first-order valence-corrected chi connectivity index (χ1v) is 11.7. The number of carbonyl (C=O) groups excluding carboxylic acids is 1. The summed E-state index contributed by atoms with van der Waals surface area (Å²) in [5, 5.41) is 0.949. The van der Waals surface area contributed by atoms with Gasteiger partial charge in [-0.05, 0) is 37.5 Å². The van der Waals surface area contributed by atoms with Gasteiger partial charge in [-0.3, -0.25) is 4.79 Å². The van der Waals surface area contributed by atoms with Crippen molar-refractivity contribution in [2.45, 2.75) is 50.5 Å². The molecule has 0 aliphatic carbocycles. The zero-order chi connectivity index (χ0) is 22.0. The first-order chi connectivity index (χ1) is 15.7. The predicted molar refractivity (Wildman–Crippen MR) is 121 cm³/mol. The summed E-state index contributed by atoms with van der Waals surface area (Å²) < 4.78 is 25.7. The van der Waals surface area contributed by atoms with E-state index >= 15 is 0 Å². The Labute approximate surface area is 188 Å². The molecular formula is C25H32N2O5. The second-order valence-corrected chi connectivity index (χ2v) is 8.82. The molecule has 5 rings (SSSR count). The lowest BCUT2D eigenvalue weighted by Crippen LogP contribution is -2.47. The third kappa shape index (κ3) is 4.17. The molecule has 3 saturated heterocycles. The molecule has 0 radical (unpaired) electrons. The molecule has 32 heavy (non-hydrogen) atoms. The molecule has 1 unspecified atom stereocenters. The van der Waals surface area contributed by atoms with Gasteiger partial charge in [0.15, 0.2) is 5.79 Å². The van der Waals surface area contributed by atoms with Crippen molar-refractivity contribution in [2.75, 3.05) is 39.5 Å². The largest absolute Gasteiger partial charge is 0.489 e. The van der Waals surface area contributed by atoms with Gasteiger partial charge in [-0.2, -0.15) is 0 Å². The molecule has 1 atom stereocenters. The SMILES string of the molecule is C=CCOc1cccc2c1cc(C(=O)N1CCC3(CC1)OCCO3)n2CC1CCCCO1. The molecule has 4 heterocycles. The smallest absolute Gasteiger partial charge is 0.270 e. The van der Waals surface area contributed by atoms with E-state index in [1.807, 2.05) is 23.1 Å². The van der Waals surface area contributed by atoms with Crippen molar-refractivity contribution in [1.82, 2.24) is 9.47 Å². The maximum atomic E-state index is 13.7. The molecule has 0 bridgehead atoms. The summed E-state index contributed by atoms with van der Waals surface area (Å²) in [6.45, 7) is 8.15. The minimum Gasteiger partial charge on any atom is -0.489 e. The van der Waals surface area contributed by atoms with E-state index in [-0.39, 0.29) is 12.0 Å². The molecule has 1 aromatic carbocycles. The van der Waals surface area contributed by atoms with Gasteiger partial charge in [0.25, 0.3) is 5.91 Å². The summed E-state index contributed by atoms with van der Waals surface area (Å²) in [6, 6.07) is 7.96. The number of hydrogen-bond donors (Lipinski definition) is 0. The van der Waals surface area contributed by atoms with Gasteiger partial charge in [-0.25, -0.2) is 0 Å². The minimum absolute atomic E-state index is 0.0412.